The van der Waals surface area contributed by atoms with Crippen LogP contribution in [0.25, 0.3) is 20.4 Å². The largest absolute Gasteiger partial charge is 0.298 e. The second-order valence-electron chi connectivity index (χ2n) is 8.02. The van der Waals surface area contributed by atoms with Crippen molar-refractivity contribution in [3.05, 3.63) is 87.3 Å². The number of aromatic nitrogens is 3. The highest BCUT2D eigenvalue weighted by Crippen LogP contribution is 2.33. The predicted octanol–water partition coefficient (Wildman–Crippen LogP) is 5.31. The number of anilines is 1. The van der Waals surface area contributed by atoms with E-state index < -0.39 is 0 Å². The Balaban J connectivity index is 1.46. The summed E-state index contributed by atoms with van der Waals surface area (Å²) >= 11 is 2.97. The van der Waals surface area contributed by atoms with Crippen molar-refractivity contribution in [3.8, 4) is 0 Å². The van der Waals surface area contributed by atoms with Gasteiger partial charge in [-0.3, -0.25) is 19.1 Å². The average molecular weight is 475 g/mol. The molecule has 33 heavy (non-hydrogen) atoms. The van der Waals surface area contributed by atoms with Gasteiger partial charge in [-0.2, -0.15) is 0 Å². The summed E-state index contributed by atoms with van der Waals surface area (Å²) in [5.74, 6) is -0.0791. The highest BCUT2D eigenvalue weighted by Gasteiger charge is 2.21. The number of hydrogen-bond donors (Lipinski definition) is 0. The Labute approximate surface area is 198 Å². The van der Waals surface area contributed by atoms with E-state index in [0.29, 0.717) is 21.9 Å². The van der Waals surface area contributed by atoms with Crippen LogP contribution < -0.4 is 10.5 Å². The fourth-order valence-electron chi connectivity index (χ4n) is 3.91. The lowest BCUT2D eigenvalue weighted by atomic mass is 10.1. The SMILES string of the molecule is Cc1cc(C)c2sc(N(Cc3ccccc3)C(=O)CCn3cnc4sccc4c3=O)nc2c1. The number of fused-ring (bicyclic) bond motifs is 2. The molecule has 0 spiro atoms. The van der Waals surface area contributed by atoms with Crippen molar-refractivity contribution in [1.82, 2.24) is 14.5 Å². The van der Waals surface area contributed by atoms with Gasteiger partial charge in [-0.15, -0.1) is 11.3 Å². The Bertz CT molecular complexity index is 1520. The van der Waals surface area contributed by atoms with Gasteiger partial charge in [-0.25, -0.2) is 9.97 Å². The van der Waals surface area contributed by atoms with Gasteiger partial charge in [-0.05, 0) is 48.1 Å². The monoisotopic (exact) mass is 474 g/mol. The quantitative estimate of drug-likeness (QED) is 0.335. The van der Waals surface area contributed by atoms with Crippen molar-refractivity contribution in [3.63, 3.8) is 0 Å². The Morgan fingerprint density at radius 3 is 2.76 bits per heavy atom. The summed E-state index contributed by atoms with van der Waals surface area (Å²) < 4.78 is 2.60. The third-order valence-electron chi connectivity index (χ3n) is 5.54. The van der Waals surface area contributed by atoms with Crippen molar-refractivity contribution < 1.29 is 4.79 Å². The van der Waals surface area contributed by atoms with Gasteiger partial charge in [0.25, 0.3) is 5.56 Å². The van der Waals surface area contributed by atoms with E-state index >= 15 is 0 Å². The van der Waals surface area contributed by atoms with Crippen LogP contribution in [-0.4, -0.2) is 20.4 Å². The highest BCUT2D eigenvalue weighted by molar-refractivity contribution is 7.22. The Morgan fingerprint density at radius 2 is 1.94 bits per heavy atom. The second-order valence-corrected chi connectivity index (χ2v) is 9.90. The van der Waals surface area contributed by atoms with Crippen LogP contribution in [0.4, 0.5) is 5.13 Å². The van der Waals surface area contributed by atoms with Crippen molar-refractivity contribution in [2.75, 3.05) is 4.90 Å². The first-order valence-electron chi connectivity index (χ1n) is 10.6. The molecular formula is C25H22N4O2S2. The number of hydrogen-bond acceptors (Lipinski definition) is 6. The summed E-state index contributed by atoms with van der Waals surface area (Å²) in [5.41, 5.74) is 4.11. The number of thiazole rings is 1. The van der Waals surface area contributed by atoms with E-state index in [1.165, 1.54) is 33.6 Å². The molecule has 3 aromatic heterocycles. The number of thiophene rings is 1. The fourth-order valence-corrected chi connectivity index (χ4v) is 5.67. The van der Waals surface area contributed by atoms with Crippen LogP contribution in [0.15, 0.2) is 65.0 Å². The normalized spacial score (nSPS) is 11.3. The Morgan fingerprint density at radius 1 is 1.12 bits per heavy atom. The summed E-state index contributed by atoms with van der Waals surface area (Å²) in [5, 5.41) is 3.12. The number of benzene rings is 2. The van der Waals surface area contributed by atoms with Crippen molar-refractivity contribution in [2.24, 2.45) is 0 Å². The lowest BCUT2D eigenvalue weighted by molar-refractivity contribution is -0.119. The van der Waals surface area contributed by atoms with Crippen LogP contribution in [-0.2, 0) is 17.9 Å². The minimum absolute atomic E-state index is 0.0791. The van der Waals surface area contributed by atoms with Gasteiger partial charge in [0, 0.05) is 13.0 Å². The molecule has 0 aliphatic carbocycles. The smallest absolute Gasteiger partial charge is 0.262 e. The van der Waals surface area contributed by atoms with Crippen molar-refractivity contribution >= 4 is 54.1 Å². The molecular weight excluding hydrogens is 452 g/mol. The fraction of sp³-hybridized carbons (Fsp3) is 0.200. The molecule has 1 amide bonds. The second kappa shape index (κ2) is 8.88. The van der Waals surface area contributed by atoms with Crippen LogP contribution in [0.3, 0.4) is 0 Å². The zero-order valence-electron chi connectivity index (χ0n) is 18.3. The van der Waals surface area contributed by atoms with Crippen molar-refractivity contribution in [1.29, 1.82) is 0 Å². The van der Waals surface area contributed by atoms with E-state index in [1.807, 2.05) is 35.7 Å². The minimum Gasteiger partial charge on any atom is -0.298 e. The molecule has 5 aromatic rings. The number of amides is 1. The molecule has 3 heterocycles. The molecule has 8 heteroatoms. The molecule has 5 rings (SSSR count). The summed E-state index contributed by atoms with van der Waals surface area (Å²) in [6.45, 7) is 4.81. The number of carbonyl (C=O) groups is 1. The molecule has 2 aromatic carbocycles. The van der Waals surface area contributed by atoms with E-state index in [-0.39, 0.29) is 24.4 Å². The number of aryl methyl sites for hydroxylation is 3. The molecule has 0 atom stereocenters. The summed E-state index contributed by atoms with van der Waals surface area (Å²) in [6, 6.07) is 15.9. The highest BCUT2D eigenvalue weighted by atomic mass is 32.1. The van der Waals surface area contributed by atoms with Gasteiger partial charge in [-0.1, -0.05) is 47.7 Å². The number of carbonyl (C=O) groups excluding carboxylic acids is 1. The lowest BCUT2D eigenvalue weighted by Gasteiger charge is -2.20. The molecule has 0 unspecified atom stereocenters. The van der Waals surface area contributed by atoms with Crippen LogP contribution >= 0.6 is 22.7 Å². The first-order chi connectivity index (χ1) is 16.0. The van der Waals surface area contributed by atoms with Crippen LogP contribution in [0.1, 0.15) is 23.1 Å². The van der Waals surface area contributed by atoms with E-state index in [0.717, 1.165) is 26.9 Å². The summed E-state index contributed by atoms with van der Waals surface area (Å²) in [4.78, 5) is 37.7. The maximum atomic E-state index is 13.4. The Hall–Kier alpha value is -3.36. The Kier molecular flexibility index (Phi) is 5.78. The molecule has 0 saturated carbocycles. The summed E-state index contributed by atoms with van der Waals surface area (Å²) in [7, 11) is 0. The number of rotatable bonds is 6. The molecule has 0 fully saturated rings. The van der Waals surface area contributed by atoms with Crippen LogP contribution in [0.2, 0.25) is 0 Å². The third-order valence-corrected chi connectivity index (χ3v) is 7.59. The predicted molar refractivity (Wildman–Crippen MR) is 135 cm³/mol. The van der Waals surface area contributed by atoms with Gasteiger partial charge < -0.3 is 0 Å². The molecule has 0 radical (unpaired) electrons. The van der Waals surface area contributed by atoms with E-state index in [9.17, 15) is 9.59 Å². The van der Waals surface area contributed by atoms with Crippen molar-refractivity contribution in [2.45, 2.75) is 33.4 Å². The van der Waals surface area contributed by atoms with Gasteiger partial charge in [0.15, 0.2) is 5.13 Å². The maximum absolute atomic E-state index is 13.4. The topological polar surface area (TPSA) is 68.1 Å². The minimum atomic E-state index is -0.116. The number of nitrogens with zero attached hydrogens (tertiary/aromatic N) is 4. The molecule has 0 saturated heterocycles. The zero-order chi connectivity index (χ0) is 22.9. The average Bonchev–Trinajstić information content (AvgIpc) is 3.45. The van der Waals surface area contributed by atoms with E-state index in [2.05, 4.69) is 31.0 Å². The van der Waals surface area contributed by atoms with Gasteiger partial charge in [0.05, 0.1) is 28.5 Å². The lowest BCUT2D eigenvalue weighted by Crippen LogP contribution is -2.32. The first-order valence-corrected chi connectivity index (χ1v) is 12.3. The van der Waals surface area contributed by atoms with E-state index in [4.69, 9.17) is 4.98 Å². The molecule has 0 aliphatic heterocycles. The summed E-state index contributed by atoms with van der Waals surface area (Å²) in [6.07, 6.45) is 1.71. The molecule has 6 nitrogen and oxygen atoms in total. The van der Waals surface area contributed by atoms with Crippen LogP contribution in [0.5, 0.6) is 0 Å². The third kappa shape index (κ3) is 4.31. The molecule has 166 valence electrons. The van der Waals surface area contributed by atoms with Gasteiger partial charge in [0.1, 0.15) is 4.83 Å². The zero-order valence-corrected chi connectivity index (χ0v) is 19.9. The first kappa shape index (κ1) is 21.5. The van der Waals surface area contributed by atoms with Gasteiger partial charge >= 0.3 is 0 Å². The standard InChI is InChI=1S/C25H22N4O2S2/c1-16-12-17(2)22-20(13-16)27-25(33-22)29(14-18-6-4-3-5-7-18)21(30)8-10-28-15-26-23-19(24(28)31)9-11-32-23/h3-7,9,11-13,15H,8,10,14H2,1-2H3. The van der Waals surface area contributed by atoms with E-state index in [1.54, 1.807) is 11.0 Å². The molecule has 0 aliphatic rings. The molecule has 0 N–H and O–H groups in total. The molecule has 0 bridgehead atoms. The van der Waals surface area contributed by atoms with Crippen LogP contribution in [0, 0.1) is 13.8 Å². The maximum Gasteiger partial charge on any atom is 0.262 e. The van der Waals surface area contributed by atoms with Gasteiger partial charge in [0.2, 0.25) is 5.91 Å².